The minimum atomic E-state index is -0.0509. The highest BCUT2D eigenvalue weighted by atomic mass is 32.2. The Morgan fingerprint density at radius 3 is 2.54 bits per heavy atom. The van der Waals surface area contributed by atoms with Gasteiger partial charge in [0.2, 0.25) is 5.91 Å². The van der Waals surface area contributed by atoms with Gasteiger partial charge in [0.05, 0.1) is 51.7 Å². The molecule has 10 heteroatoms. The molecule has 2 heterocycles. The molecule has 3 amide bonds. The van der Waals surface area contributed by atoms with Gasteiger partial charge < -0.3 is 35.9 Å². The first kappa shape index (κ1) is 23.2. The summed E-state index contributed by atoms with van der Waals surface area (Å²) < 4.78 is 15.9. The molecule has 2 saturated heterocycles. The van der Waals surface area contributed by atoms with Gasteiger partial charge in [0.15, 0.2) is 0 Å². The molecule has 0 saturated carbocycles. The molecule has 3 atom stereocenters. The number of urea groups is 1. The molecule has 0 aliphatic carbocycles. The lowest BCUT2D eigenvalue weighted by Crippen LogP contribution is -2.36. The number of hydrogen-bond donors (Lipinski definition) is 4. The van der Waals surface area contributed by atoms with Crippen molar-refractivity contribution in [3.05, 3.63) is 0 Å². The molecule has 0 aromatic heterocycles. The summed E-state index contributed by atoms with van der Waals surface area (Å²) in [4.78, 5) is 23.2. The largest absolute Gasteiger partial charge is 0.378 e. The van der Waals surface area contributed by atoms with Gasteiger partial charge in [-0.25, -0.2) is 4.79 Å². The van der Waals surface area contributed by atoms with E-state index in [4.69, 9.17) is 19.9 Å². The van der Waals surface area contributed by atoms with Crippen LogP contribution in [0.1, 0.15) is 25.7 Å². The predicted molar refractivity (Wildman–Crippen MR) is 108 cm³/mol. The number of nitrogens with two attached hydrogens (primary N) is 1. The monoisotopic (exact) mass is 418 g/mol. The average molecular weight is 419 g/mol. The number of fused-ring (bicyclic) bond motifs is 1. The molecule has 28 heavy (non-hydrogen) atoms. The number of nitrogens with one attached hydrogen (secondary N) is 3. The Bertz CT molecular complexity index is 471. The van der Waals surface area contributed by atoms with Crippen molar-refractivity contribution in [2.45, 2.75) is 43.0 Å². The highest BCUT2D eigenvalue weighted by Gasteiger charge is 2.42. The normalized spacial score (nSPS) is 23.3. The molecule has 2 rings (SSSR count). The third kappa shape index (κ3) is 8.95. The number of carbonyl (C=O) groups is 2. The zero-order valence-electron chi connectivity index (χ0n) is 16.5. The van der Waals surface area contributed by atoms with Crippen LogP contribution in [0.15, 0.2) is 0 Å². The fourth-order valence-electron chi connectivity index (χ4n) is 3.25. The van der Waals surface area contributed by atoms with Crippen molar-refractivity contribution in [2.75, 3.05) is 58.5 Å². The second kappa shape index (κ2) is 14.0. The predicted octanol–water partition coefficient (Wildman–Crippen LogP) is -0.163. The fourth-order valence-corrected chi connectivity index (χ4v) is 4.79. The summed E-state index contributed by atoms with van der Waals surface area (Å²) in [6, 6.07) is 0.455. The Kier molecular flexibility index (Phi) is 11.6. The SMILES string of the molecule is NCCOCCOCCOCCNC(=O)CCCC[C@H]1SC[C@H]2NC(=O)N[C@H]21. The van der Waals surface area contributed by atoms with Crippen LogP contribution in [0.4, 0.5) is 4.79 Å². The topological polar surface area (TPSA) is 124 Å². The highest BCUT2D eigenvalue weighted by Crippen LogP contribution is 2.33. The summed E-state index contributed by atoms with van der Waals surface area (Å²) in [5.74, 6) is 1.03. The van der Waals surface area contributed by atoms with E-state index in [1.807, 2.05) is 11.8 Å². The van der Waals surface area contributed by atoms with Crippen molar-refractivity contribution < 1.29 is 23.8 Å². The third-order valence-electron chi connectivity index (χ3n) is 4.66. The van der Waals surface area contributed by atoms with Crippen LogP contribution in [0.3, 0.4) is 0 Å². The zero-order chi connectivity index (χ0) is 20.0. The van der Waals surface area contributed by atoms with Gasteiger partial charge in [0, 0.05) is 30.5 Å². The highest BCUT2D eigenvalue weighted by molar-refractivity contribution is 8.00. The van der Waals surface area contributed by atoms with E-state index >= 15 is 0 Å². The lowest BCUT2D eigenvalue weighted by atomic mass is 10.0. The van der Waals surface area contributed by atoms with Gasteiger partial charge in [-0.15, -0.1) is 0 Å². The summed E-state index contributed by atoms with van der Waals surface area (Å²) in [6.07, 6.45) is 3.42. The minimum Gasteiger partial charge on any atom is -0.378 e. The molecule has 0 unspecified atom stereocenters. The van der Waals surface area contributed by atoms with Gasteiger partial charge in [0.25, 0.3) is 0 Å². The first-order chi connectivity index (χ1) is 13.7. The quantitative estimate of drug-likeness (QED) is 0.203. The zero-order valence-corrected chi connectivity index (χ0v) is 17.3. The molecule has 0 spiro atoms. The van der Waals surface area contributed by atoms with Gasteiger partial charge in [-0.2, -0.15) is 11.8 Å². The van der Waals surface area contributed by atoms with Crippen molar-refractivity contribution in [1.82, 2.24) is 16.0 Å². The second-order valence-electron chi connectivity index (χ2n) is 6.84. The second-order valence-corrected chi connectivity index (χ2v) is 8.12. The van der Waals surface area contributed by atoms with E-state index in [0.717, 1.165) is 25.0 Å². The van der Waals surface area contributed by atoms with Gasteiger partial charge >= 0.3 is 6.03 Å². The van der Waals surface area contributed by atoms with E-state index in [1.54, 1.807) is 0 Å². The van der Waals surface area contributed by atoms with Crippen LogP contribution in [0.25, 0.3) is 0 Å². The van der Waals surface area contributed by atoms with Crippen molar-refractivity contribution in [3.63, 3.8) is 0 Å². The Balaban J connectivity index is 1.34. The molecule has 0 aromatic rings. The van der Waals surface area contributed by atoms with Crippen molar-refractivity contribution >= 4 is 23.7 Å². The van der Waals surface area contributed by atoms with Crippen LogP contribution >= 0.6 is 11.8 Å². The molecule has 2 aliphatic rings. The van der Waals surface area contributed by atoms with Crippen LogP contribution in [-0.4, -0.2) is 87.8 Å². The van der Waals surface area contributed by atoms with Crippen molar-refractivity contribution in [3.8, 4) is 0 Å². The molecular formula is C18H34N4O5S. The summed E-state index contributed by atoms with van der Waals surface area (Å²) >= 11 is 1.91. The van der Waals surface area contributed by atoms with E-state index in [0.29, 0.717) is 64.4 Å². The van der Waals surface area contributed by atoms with Gasteiger partial charge in [-0.1, -0.05) is 6.42 Å². The minimum absolute atomic E-state index is 0.0509. The van der Waals surface area contributed by atoms with Crippen LogP contribution in [0, 0.1) is 0 Å². The summed E-state index contributed by atoms with van der Waals surface area (Å²) in [7, 11) is 0. The molecule has 0 aromatic carbocycles. The molecular weight excluding hydrogens is 384 g/mol. The Morgan fingerprint density at radius 2 is 1.79 bits per heavy atom. The number of ether oxygens (including phenoxy) is 3. The number of carbonyl (C=O) groups excluding carboxylic acids is 2. The van der Waals surface area contributed by atoms with Crippen LogP contribution in [0.2, 0.25) is 0 Å². The maximum atomic E-state index is 11.8. The average Bonchev–Trinajstić information content (AvgIpc) is 3.22. The van der Waals surface area contributed by atoms with Crippen molar-refractivity contribution in [1.29, 1.82) is 0 Å². The molecule has 0 bridgehead atoms. The first-order valence-corrected chi connectivity index (χ1v) is 11.1. The van der Waals surface area contributed by atoms with Crippen LogP contribution < -0.4 is 21.7 Å². The maximum Gasteiger partial charge on any atom is 0.315 e. The Hall–Kier alpha value is -1.07. The standard InChI is InChI=1S/C18H34N4O5S/c19-5-7-25-9-11-27-12-10-26-8-6-20-16(23)4-2-1-3-15-17-14(13-28-15)21-18(24)22-17/h14-15,17H,1-13,19H2,(H,20,23)(H2,21,22,24)/t14-,15-,17-/m1/s1. The van der Waals surface area contributed by atoms with Crippen LogP contribution in [0.5, 0.6) is 0 Å². The fraction of sp³-hybridized carbons (Fsp3) is 0.889. The third-order valence-corrected chi connectivity index (χ3v) is 6.16. The van der Waals surface area contributed by atoms with Gasteiger partial charge in [-0.3, -0.25) is 4.79 Å². The summed E-state index contributed by atoms with van der Waals surface area (Å²) in [5.41, 5.74) is 5.31. The van der Waals surface area contributed by atoms with Crippen molar-refractivity contribution in [2.24, 2.45) is 5.73 Å². The summed E-state index contributed by atoms with van der Waals surface area (Å²) in [6.45, 7) is 4.15. The van der Waals surface area contributed by atoms with E-state index in [9.17, 15) is 9.59 Å². The Morgan fingerprint density at radius 1 is 1.07 bits per heavy atom. The maximum absolute atomic E-state index is 11.8. The number of hydrogen-bond acceptors (Lipinski definition) is 7. The van der Waals surface area contributed by atoms with E-state index in [-0.39, 0.29) is 24.0 Å². The molecule has 2 fully saturated rings. The summed E-state index contributed by atoms with van der Waals surface area (Å²) in [5, 5.41) is 9.26. The van der Waals surface area contributed by atoms with E-state index < -0.39 is 0 Å². The lowest BCUT2D eigenvalue weighted by Gasteiger charge is -2.16. The Labute approximate surface area is 171 Å². The number of thioether (sulfide) groups is 1. The lowest BCUT2D eigenvalue weighted by molar-refractivity contribution is -0.121. The number of unbranched alkanes of at least 4 members (excludes halogenated alkanes) is 1. The molecule has 2 aliphatic heterocycles. The van der Waals surface area contributed by atoms with Gasteiger partial charge in [-0.05, 0) is 12.8 Å². The van der Waals surface area contributed by atoms with E-state index in [1.165, 1.54) is 0 Å². The van der Waals surface area contributed by atoms with Gasteiger partial charge in [0.1, 0.15) is 0 Å². The molecule has 5 N–H and O–H groups in total. The number of amides is 3. The molecule has 162 valence electrons. The molecule has 9 nitrogen and oxygen atoms in total. The smallest absolute Gasteiger partial charge is 0.315 e. The molecule has 0 radical (unpaired) electrons. The van der Waals surface area contributed by atoms with E-state index in [2.05, 4.69) is 16.0 Å². The first-order valence-electron chi connectivity index (χ1n) is 10.1. The van der Waals surface area contributed by atoms with Crippen LogP contribution in [-0.2, 0) is 19.0 Å². The number of rotatable bonds is 16.